The van der Waals surface area contributed by atoms with E-state index >= 15 is 0 Å². The molecule has 0 unspecified atom stereocenters. The standard InChI is InChI=1S/C11H18N2O/c1-9(2)5-6-14-11-7-12-13(8-11)10(3)4/h5,7-8,10H,6H2,1-4H3. The third-order valence-electron chi connectivity index (χ3n) is 1.85. The minimum absolute atomic E-state index is 0.385. The number of hydrogen-bond acceptors (Lipinski definition) is 2. The number of aromatic nitrogens is 2. The monoisotopic (exact) mass is 194 g/mol. The molecular formula is C11H18N2O. The molecule has 14 heavy (non-hydrogen) atoms. The predicted molar refractivity (Wildman–Crippen MR) is 57.5 cm³/mol. The Morgan fingerprint density at radius 1 is 1.57 bits per heavy atom. The molecule has 0 fully saturated rings. The lowest BCUT2D eigenvalue weighted by Gasteiger charge is -2.03. The van der Waals surface area contributed by atoms with Crippen molar-refractivity contribution in [2.75, 3.05) is 6.61 Å². The molecule has 0 aromatic carbocycles. The maximum atomic E-state index is 5.49. The van der Waals surface area contributed by atoms with Crippen LogP contribution in [0.15, 0.2) is 24.0 Å². The molecule has 1 aromatic heterocycles. The van der Waals surface area contributed by atoms with Gasteiger partial charge in [-0.1, -0.05) is 5.57 Å². The summed E-state index contributed by atoms with van der Waals surface area (Å²) in [6.45, 7) is 8.91. The molecule has 3 nitrogen and oxygen atoms in total. The molecule has 1 aromatic rings. The fourth-order valence-corrected chi connectivity index (χ4v) is 0.982. The molecule has 0 spiro atoms. The number of hydrogen-bond donors (Lipinski definition) is 0. The highest BCUT2D eigenvalue weighted by Crippen LogP contribution is 2.12. The van der Waals surface area contributed by atoms with Gasteiger partial charge in [0.05, 0.1) is 12.4 Å². The van der Waals surface area contributed by atoms with Gasteiger partial charge in [-0.2, -0.15) is 5.10 Å². The summed E-state index contributed by atoms with van der Waals surface area (Å²) in [5.74, 6) is 0.830. The van der Waals surface area contributed by atoms with Crippen LogP contribution in [0.4, 0.5) is 0 Å². The van der Waals surface area contributed by atoms with Crippen molar-refractivity contribution in [1.82, 2.24) is 9.78 Å². The lowest BCUT2D eigenvalue weighted by molar-refractivity contribution is 0.360. The minimum Gasteiger partial charge on any atom is -0.486 e. The Labute approximate surface area is 85.4 Å². The van der Waals surface area contributed by atoms with Gasteiger partial charge in [-0.05, 0) is 33.8 Å². The number of nitrogens with zero attached hydrogens (tertiary/aromatic N) is 2. The third kappa shape index (κ3) is 3.24. The van der Waals surface area contributed by atoms with E-state index in [1.807, 2.05) is 17.0 Å². The number of rotatable bonds is 4. The smallest absolute Gasteiger partial charge is 0.157 e. The molecule has 1 rings (SSSR count). The van der Waals surface area contributed by atoms with Crippen LogP contribution in [0.25, 0.3) is 0 Å². The zero-order valence-electron chi connectivity index (χ0n) is 9.32. The summed E-state index contributed by atoms with van der Waals surface area (Å²) in [6, 6.07) is 0.385. The zero-order chi connectivity index (χ0) is 10.6. The second-order valence-electron chi connectivity index (χ2n) is 3.84. The van der Waals surface area contributed by atoms with E-state index in [1.165, 1.54) is 5.57 Å². The first kappa shape index (κ1) is 10.8. The molecule has 1 heterocycles. The van der Waals surface area contributed by atoms with E-state index in [4.69, 9.17) is 4.74 Å². The van der Waals surface area contributed by atoms with E-state index < -0.39 is 0 Å². The Morgan fingerprint density at radius 2 is 2.29 bits per heavy atom. The molecular weight excluding hydrogens is 176 g/mol. The number of ether oxygens (including phenoxy) is 1. The Kier molecular flexibility index (Phi) is 3.74. The average Bonchev–Trinajstić information content (AvgIpc) is 2.52. The highest BCUT2D eigenvalue weighted by atomic mass is 16.5. The van der Waals surface area contributed by atoms with Crippen LogP contribution >= 0.6 is 0 Å². The van der Waals surface area contributed by atoms with Crippen molar-refractivity contribution in [2.45, 2.75) is 33.7 Å². The van der Waals surface area contributed by atoms with E-state index in [-0.39, 0.29) is 0 Å². The van der Waals surface area contributed by atoms with Crippen LogP contribution in [0.3, 0.4) is 0 Å². The highest BCUT2D eigenvalue weighted by molar-refractivity contribution is 5.12. The van der Waals surface area contributed by atoms with Crippen molar-refractivity contribution < 1.29 is 4.74 Å². The molecule has 78 valence electrons. The molecule has 0 radical (unpaired) electrons. The van der Waals surface area contributed by atoms with Gasteiger partial charge < -0.3 is 4.74 Å². The number of allylic oxidation sites excluding steroid dienone is 1. The Morgan fingerprint density at radius 3 is 2.79 bits per heavy atom. The van der Waals surface area contributed by atoms with Gasteiger partial charge in [0, 0.05) is 6.04 Å². The molecule has 0 amide bonds. The van der Waals surface area contributed by atoms with Gasteiger partial charge in [-0.25, -0.2) is 0 Å². The molecule has 0 aliphatic carbocycles. The maximum Gasteiger partial charge on any atom is 0.157 e. The maximum absolute atomic E-state index is 5.49. The van der Waals surface area contributed by atoms with E-state index in [1.54, 1.807) is 6.20 Å². The van der Waals surface area contributed by atoms with Crippen LogP contribution < -0.4 is 4.74 Å². The largest absolute Gasteiger partial charge is 0.486 e. The van der Waals surface area contributed by atoms with Crippen molar-refractivity contribution in [2.24, 2.45) is 0 Å². The summed E-state index contributed by atoms with van der Waals surface area (Å²) in [5, 5.41) is 4.18. The molecule has 0 saturated heterocycles. The van der Waals surface area contributed by atoms with Crippen molar-refractivity contribution in [1.29, 1.82) is 0 Å². The first-order valence-corrected chi connectivity index (χ1v) is 4.90. The molecule has 0 atom stereocenters. The van der Waals surface area contributed by atoms with Crippen LogP contribution in [0.1, 0.15) is 33.7 Å². The molecule has 0 N–H and O–H groups in total. The van der Waals surface area contributed by atoms with Gasteiger partial charge in [0.2, 0.25) is 0 Å². The normalized spacial score (nSPS) is 10.4. The first-order chi connectivity index (χ1) is 6.59. The summed E-state index contributed by atoms with van der Waals surface area (Å²) < 4.78 is 7.37. The summed E-state index contributed by atoms with van der Waals surface area (Å²) in [4.78, 5) is 0. The summed E-state index contributed by atoms with van der Waals surface area (Å²) in [5.41, 5.74) is 1.27. The summed E-state index contributed by atoms with van der Waals surface area (Å²) >= 11 is 0. The molecule has 0 saturated carbocycles. The van der Waals surface area contributed by atoms with Gasteiger partial charge in [0.25, 0.3) is 0 Å². The Bertz CT molecular complexity index is 309. The van der Waals surface area contributed by atoms with Gasteiger partial charge in [0.1, 0.15) is 6.61 Å². The molecule has 3 heteroatoms. The second kappa shape index (κ2) is 4.84. The van der Waals surface area contributed by atoms with Gasteiger partial charge in [0.15, 0.2) is 5.75 Å². The minimum atomic E-state index is 0.385. The van der Waals surface area contributed by atoms with Crippen molar-refractivity contribution in [3.8, 4) is 5.75 Å². The summed E-state index contributed by atoms with van der Waals surface area (Å²) in [7, 11) is 0. The zero-order valence-corrected chi connectivity index (χ0v) is 9.32. The molecule has 0 bridgehead atoms. The van der Waals surface area contributed by atoms with Crippen molar-refractivity contribution in [3.63, 3.8) is 0 Å². The third-order valence-corrected chi connectivity index (χ3v) is 1.85. The second-order valence-corrected chi connectivity index (χ2v) is 3.84. The van der Waals surface area contributed by atoms with Crippen molar-refractivity contribution >= 4 is 0 Å². The van der Waals surface area contributed by atoms with Gasteiger partial charge in [-0.15, -0.1) is 0 Å². The molecule has 0 aliphatic rings. The Balaban J connectivity index is 2.48. The SMILES string of the molecule is CC(C)=CCOc1cnn(C(C)C)c1. The van der Waals surface area contributed by atoms with E-state index in [9.17, 15) is 0 Å². The van der Waals surface area contributed by atoms with Crippen LogP contribution in [0.2, 0.25) is 0 Å². The quantitative estimate of drug-likeness (QED) is 0.689. The van der Waals surface area contributed by atoms with E-state index in [0.29, 0.717) is 12.6 Å². The lowest BCUT2D eigenvalue weighted by atomic mass is 10.3. The topological polar surface area (TPSA) is 27.1 Å². The highest BCUT2D eigenvalue weighted by Gasteiger charge is 2.00. The van der Waals surface area contributed by atoms with Crippen LogP contribution in [-0.4, -0.2) is 16.4 Å². The average molecular weight is 194 g/mol. The van der Waals surface area contributed by atoms with Crippen LogP contribution in [-0.2, 0) is 0 Å². The lowest BCUT2D eigenvalue weighted by Crippen LogP contribution is -2.00. The van der Waals surface area contributed by atoms with E-state index in [0.717, 1.165) is 5.75 Å². The molecule has 0 aliphatic heterocycles. The predicted octanol–water partition coefficient (Wildman–Crippen LogP) is 2.81. The first-order valence-electron chi connectivity index (χ1n) is 4.90. The van der Waals surface area contributed by atoms with Gasteiger partial charge >= 0.3 is 0 Å². The van der Waals surface area contributed by atoms with Gasteiger partial charge in [-0.3, -0.25) is 4.68 Å². The fraction of sp³-hybridized carbons (Fsp3) is 0.545. The van der Waals surface area contributed by atoms with Crippen LogP contribution in [0, 0.1) is 0 Å². The van der Waals surface area contributed by atoms with E-state index in [2.05, 4.69) is 32.8 Å². The van der Waals surface area contributed by atoms with Crippen molar-refractivity contribution in [3.05, 3.63) is 24.0 Å². The fourth-order valence-electron chi connectivity index (χ4n) is 0.982. The Hall–Kier alpha value is -1.25. The van der Waals surface area contributed by atoms with Crippen LogP contribution in [0.5, 0.6) is 5.75 Å². The summed E-state index contributed by atoms with van der Waals surface area (Å²) in [6.07, 6.45) is 5.72.